The van der Waals surface area contributed by atoms with E-state index in [0.717, 1.165) is 0 Å². The summed E-state index contributed by atoms with van der Waals surface area (Å²) in [5.74, 6) is 0. The van der Waals surface area contributed by atoms with Gasteiger partial charge >= 0.3 is 0 Å². The first-order valence-corrected chi connectivity index (χ1v) is 19.5. The van der Waals surface area contributed by atoms with Gasteiger partial charge in [0.05, 0.1) is 0 Å². The molecular weight excluding hydrogens is 673 g/mol. The average molecular weight is 713 g/mol. The topological polar surface area (TPSA) is 0 Å². The zero-order valence-corrected chi connectivity index (χ0v) is 31.6. The Morgan fingerprint density at radius 3 is 0.821 bits per heavy atom. The van der Waals surface area contributed by atoms with E-state index in [2.05, 4.69) is 220 Å². The lowest BCUT2D eigenvalue weighted by atomic mass is 9.76. The van der Waals surface area contributed by atoms with Crippen molar-refractivity contribution in [3.05, 3.63) is 217 Å². The molecule has 0 nitrogen and oxygen atoms in total. The SMILES string of the molecule is Cc1ccc(-c2ccc3c4ccc(-c5ccc(C)cc5)cc4c4c(-c5ccccc5)c(-c5ccccc5)c(-c5ccccc5)c(-c5ccccc5)c4c3c2)cc1. The van der Waals surface area contributed by atoms with E-state index in [1.54, 1.807) is 0 Å². The van der Waals surface area contributed by atoms with Crippen LogP contribution in [-0.2, 0) is 0 Å². The minimum Gasteiger partial charge on any atom is -0.0622 e. The molecule has 0 aliphatic heterocycles. The number of hydrogen-bond acceptors (Lipinski definition) is 0. The van der Waals surface area contributed by atoms with Crippen molar-refractivity contribution in [1.82, 2.24) is 0 Å². The van der Waals surface area contributed by atoms with E-state index in [1.165, 1.54) is 110 Å². The molecule has 0 heterocycles. The van der Waals surface area contributed by atoms with Crippen LogP contribution in [0.2, 0.25) is 0 Å². The molecule has 0 amide bonds. The Morgan fingerprint density at radius 2 is 0.500 bits per heavy atom. The highest BCUT2D eigenvalue weighted by atomic mass is 14.3. The van der Waals surface area contributed by atoms with Gasteiger partial charge in [-0.2, -0.15) is 0 Å². The Bertz CT molecular complexity index is 2800. The first-order chi connectivity index (χ1) is 27.6. The van der Waals surface area contributed by atoms with Crippen LogP contribution >= 0.6 is 0 Å². The van der Waals surface area contributed by atoms with Crippen molar-refractivity contribution >= 4 is 32.3 Å². The maximum absolute atomic E-state index is 2.45. The van der Waals surface area contributed by atoms with Gasteiger partial charge in [0.25, 0.3) is 0 Å². The summed E-state index contributed by atoms with van der Waals surface area (Å²) in [6, 6.07) is 76.3. The molecule has 264 valence electrons. The maximum Gasteiger partial charge on any atom is -0.000719 e. The van der Waals surface area contributed by atoms with E-state index < -0.39 is 0 Å². The first-order valence-electron chi connectivity index (χ1n) is 19.5. The Morgan fingerprint density at radius 1 is 0.214 bits per heavy atom. The van der Waals surface area contributed by atoms with Gasteiger partial charge in [0.1, 0.15) is 0 Å². The number of rotatable bonds is 6. The Labute approximate surface area is 329 Å². The minimum absolute atomic E-state index is 1.20. The van der Waals surface area contributed by atoms with Crippen LogP contribution in [-0.4, -0.2) is 0 Å². The zero-order chi connectivity index (χ0) is 37.6. The summed E-state index contributed by atoms with van der Waals surface area (Å²) in [5.41, 5.74) is 17.1. The second-order valence-electron chi connectivity index (χ2n) is 15.0. The molecular formula is C56H40. The quantitative estimate of drug-likeness (QED) is 0.151. The van der Waals surface area contributed by atoms with Gasteiger partial charge in [-0.1, -0.05) is 205 Å². The third kappa shape index (κ3) is 5.79. The fourth-order valence-corrected chi connectivity index (χ4v) is 8.69. The van der Waals surface area contributed by atoms with Crippen molar-refractivity contribution in [3.63, 3.8) is 0 Å². The van der Waals surface area contributed by atoms with Crippen molar-refractivity contribution < 1.29 is 0 Å². The van der Waals surface area contributed by atoms with E-state index in [0.29, 0.717) is 0 Å². The second kappa shape index (κ2) is 14.0. The monoisotopic (exact) mass is 712 g/mol. The zero-order valence-electron chi connectivity index (χ0n) is 31.6. The van der Waals surface area contributed by atoms with Gasteiger partial charge < -0.3 is 0 Å². The maximum atomic E-state index is 2.45. The van der Waals surface area contributed by atoms with Crippen LogP contribution < -0.4 is 0 Å². The molecule has 0 bridgehead atoms. The fraction of sp³-hybridized carbons (Fsp3) is 0.0357. The normalized spacial score (nSPS) is 11.4. The van der Waals surface area contributed by atoms with Gasteiger partial charge in [-0.25, -0.2) is 0 Å². The fourth-order valence-electron chi connectivity index (χ4n) is 8.69. The third-order valence-corrected chi connectivity index (χ3v) is 11.4. The molecule has 0 saturated heterocycles. The highest BCUT2D eigenvalue weighted by molar-refractivity contribution is 6.35. The smallest absolute Gasteiger partial charge is 0.000719 e. The molecule has 0 fully saturated rings. The summed E-state index contributed by atoms with van der Waals surface area (Å²) < 4.78 is 0. The molecule has 0 aliphatic rings. The molecule has 0 heteroatoms. The van der Waals surface area contributed by atoms with Crippen molar-refractivity contribution in [2.45, 2.75) is 13.8 Å². The van der Waals surface area contributed by atoms with Gasteiger partial charge in [-0.05, 0) is 125 Å². The molecule has 56 heavy (non-hydrogen) atoms. The molecule has 10 aromatic carbocycles. The summed E-state index contributed by atoms with van der Waals surface area (Å²) in [4.78, 5) is 0. The van der Waals surface area contributed by atoms with Crippen LogP contribution in [0.25, 0.3) is 99.1 Å². The lowest BCUT2D eigenvalue weighted by Gasteiger charge is -2.27. The lowest BCUT2D eigenvalue weighted by Crippen LogP contribution is -1.99. The number of hydrogen-bond donors (Lipinski definition) is 0. The standard InChI is InChI=1S/C56H40/c1-37-23-27-39(28-24-37)45-31-33-47-48-34-32-46(40-29-25-38(2)26-30-40)36-50(48)56-54(44-21-13-6-14-22-44)52(42-17-9-4-10-18-42)51(41-15-7-3-8-16-41)53(55(56)49(47)35-45)43-19-11-5-12-20-43/h3-36H,1-2H3. The number of fused-ring (bicyclic) bond motifs is 6. The minimum atomic E-state index is 1.20. The predicted octanol–water partition coefficient (Wildman–Crippen LogP) is 15.8. The number of benzene rings is 10. The Balaban J connectivity index is 1.52. The van der Waals surface area contributed by atoms with Crippen LogP contribution in [0.3, 0.4) is 0 Å². The van der Waals surface area contributed by atoms with E-state index >= 15 is 0 Å². The van der Waals surface area contributed by atoms with Crippen molar-refractivity contribution in [1.29, 1.82) is 0 Å². The molecule has 0 atom stereocenters. The lowest BCUT2D eigenvalue weighted by molar-refractivity contribution is 1.47. The third-order valence-electron chi connectivity index (χ3n) is 11.4. The summed E-state index contributed by atoms with van der Waals surface area (Å²) >= 11 is 0. The van der Waals surface area contributed by atoms with Gasteiger partial charge in [0.2, 0.25) is 0 Å². The van der Waals surface area contributed by atoms with Crippen LogP contribution in [0.4, 0.5) is 0 Å². The average Bonchev–Trinajstić information content (AvgIpc) is 3.27. The van der Waals surface area contributed by atoms with Crippen LogP contribution in [0.1, 0.15) is 11.1 Å². The van der Waals surface area contributed by atoms with Gasteiger partial charge in [-0.3, -0.25) is 0 Å². The highest BCUT2D eigenvalue weighted by Crippen LogP contribution is 2.55. The molecule has 0 saturated carbocycles. The van der Waals surface area contributed by atoms with Gasteiger partial charge in [0, 0.05) is 0 Å². The van der Waals surface area contributed by atoms with E-state index in [1.807, 2.05) is 0 Å². The molecule has 0 aliphatic carbocycles. The molecule has 0 radical (unpaired) electrons. The van der Waals surface area contributed by atoms with Gasteiger partial charge in [0.15, 0.2) is 0 Å². The molecule has 10 rings (SSSR count). The molecule has 0 aromatic heterocycles. The van der Waals surface area contributed by atoms with Crippen molar-refractivity contribution in [3.8, 4) is 66.8 Å². The molecule has 0 spiro atoms. The second-order valence-corrected chi connectivity index (χ2v) is 15.0. The van der Waals surface area contributed by atoms with Gasteiger partial charge in [-0.15, -0.1) is 0 Å². The Hall–Kier alpha value is -7.02. The highest BCUT2D eigenvalue weighted by Gasteiger charge is 2.27. The molecule has 0 unspecified atom stereocenters. The van der Waals surface area contributed by atoms with Crippen LogP contribution in [0.15, 0.2) is 206 Å². The summed E-state index contributed by atoms with van der Waals surface area (Å²) in [5, 5.41) is 7.54. The summed E-state index contributed by atoms with van der Waals surface area (Å²) in [6.45, 7) is 4.31. The number of aryl methyl sites for hydroxylation is 2. The largest absolute Gasteiger partial charge is 0.0622 e. The first kappa shape index (κ1) is 33.5. The molecule has 0 N–H and O–H groups in total. The summed E-state index contributed by atoms with van der Waals surface area (Å²) in [6.07, 6.45) is 0. The van der Waals surface area contributed by atoms with E-state index in [9.17, 15) is 0 Å². The Kier molecular flexibility index (Phi) is 8.38. The van der Waals surface area contributed by atoms with Crippen LogP contribution in [0, 0.1) is 13.8 Å². The predicted molar refractivity (Wildman–Crippen MR) is 241 cm³/mol. The van der Waals surface area contributed by atoms with Crippen molar-refractivity contribution in [2.75, 3.05) is 0 Å². The van der Waals surface area contributed by atoms with E-state index in [4.69, 9.17) is 0 Å². The van der Waals surface area contributed by atoms with Crippen molar-refractivity contribution in [2.24, 2.45) is 0 Å². The van der Waals surface area contributed by atoms with E-state index in [-0.39, 0.29) is 0 Å². The summed E-state index contributed by atoms with van der Waals surface area (Å²) in [7, 11) is 0. The molecule has 10 aromatic rings. The van der Waals surface area contributed by atoms with Crippen LogP contribution in [0.5, 0.6) is 0 Å².